The normalized spacial score (nSPS) is 10.4. The van der Waals surface area contributed by atoms with E-state index in [9.17, 15) is 9.59 Å². The van der Waals surface area contributed by atoms with Crippen molar-refractivity contribution in [2.24, 2.45) is 4.99 Å². The highest BCUT2D eigenvalue weighted by molar-refractivity contribution is 5.85. The predicted octanol–water partition coefficient (Wildman–Crippen LogP) is 3.31. The lowest BCUT2D eigenvalue weighted by atomic mass is 10.2. The standard InChI is InChI=1S/C13H16N2O3/c1-9-5-6-10(7-11(9)14-8-16)15-12(17)18-13(2,3)4/h5-7H,1-4H3,(H,15,17). The number of benzene rings is 1. The van der Waals surface area contributed by atoms with E-state index < -0.39 is 11.7 Å². The zero-order valence-corrected chi connectivity index (χ0v) is 10.9. The number of hydrogen-bond acceptors (Lipinski definition) is 4. The molecule has 0 bridgehead atoms. The fourth-order valence-corrected chi connectivity index (χ4v) is 1.28. The van der Waals surface area contributed by atoms with Crippen LogP contribution in [0.4, 0.5) is 16.2 Å². The SMILES string of the molecule is Cc1ccc(NC(=O)OC(C)(C)C)cc1N=C=O. The average molecular weight is 248 g/mol. The van der Waals surface area contributed by atoms with Crippen molar-refractivity contribution in [3.63, 3.8) is 0 Å². The molecule has 0 heterocycles. The van der Waals surface area contributed by atoms with Crippen molar-refractivity contribution >= 4 is 23.5 Å². The molecule has 0 saturated carbocycles. The number of rotatable bonds is 2. The predicted molar refractivity (Wildman–Crippen MR) is 68.8 cm³/mol. The van der Waals surface area contributed by atoms with E-state index in [2.05, 4.69) is 10.3 Å². The first-order valence-corrected chi connectivity index (χ1v) is 5.50. The van der Waals surface area contributed by atoms with Crippen LogP contribution in [0, 0.1) is 6.92 Å². The number of amides is 1. The number of nitrogens with one attached hydrogen (secondary N) is 1. The molecule has 5 heteroatoms. The molecule has 1 N–H and O–H groups in total. The van der Waals surface area contributed by atoms with Gasteiger partial charge in [-0.3, -0.25) is 5.32 Å². The fraction of sp³-hybridized carbons (Fsp3) is 0.385. The number of nitrogens with zero attached hydrogens (tertiary/aromatic N) is 1. The number of carbonyl (C=O) groups excluding carboxylic acids is 2. The van der Waals surface area contributed by atoms with Gasteiger partial charge >= 0.3 is 6.09 Å². The maximum atomic E-state index is 11.5. The van der Waals surface area contributed by atoms with E-state index >= 15 is 0 Å². The Morgan fingerprint density at radius 2 is 2.06 bits per heavy atom. The van der Waals surface area contributed by atoms with Gasteiger partial charge in [0.2, 0.25) is 6.08 Å². The highest BCUT2D eigenvalue weighted by Crippen LogP contribution is 2.23. The maximum Gasteiger partial charge on any atom is 0.412 e. The second-order valence-corrected chi connectivity index (χ2v) is 4.83. The Labute approximate surface area is 106 Å². The first-order valence-electron chi connectivity index (χ1n) is 5.50. The van der Waals surface area contributed by atoms with Gasteiger partial charge in [-0.2, -0.15) is 4.99 Å². The number of anilines is 1. The third kappa shape index (κ3) is 4.39. The highest BCUT2D eigenvalue weighted by atomic mass is 16.6. The Balaban J connectivity index is 2.83. The minimum atomic E-state index is -0.557. The van der Waals surface area contributed by atoms with Gasteiger partial charge in [0.1, 0.15) is 5.60 Å². The van der Waals surface area contributed by atoms with E-state index in [0.29, 0.717) is 11.4 Å². The van der Waals surface area contributed by atoms with E-state index in [-0.39, 0.29) is 0 Å². The molecular formula is C13H16N2O3. The number of hydrogen-bond donors (Lipinski definition) is 1. The first kappa shape index (κ1) is 13.9. The molecule has 0 spiro atoms. The molecule has 18 heavy (non-hydrogen) atoms. The molecule has 0 aliphatic carbocycles. The van der Waals surface area contributed by atoms with Gasteiger partial charge in [0.05, 0.1) is 5.69 Å². The summed E-state index contributed by atoms with van der Waals surface area (Å²) >= 11 is 0. The molecule has 1 aromatic rings. The summed E-state index contributed by atoms with van der Waals surface area (Å²) in [6, 6.07) is 5.05. The van der Waals surface area contributed by atoms with Gasteiger partial charge in [-0.05, 0) is 45.4 Å². The van der Waals surface area contributed by atoms with Crippen LogP contribution in [0.1, 0.15) is 26.3 Å². The molecular weight excluding hydrogens is 232 g/mol. The summed E-state index contributed by atoms with van der Waals surface area (Å²) in [4.78, 5) is 25.3. The molecule has 0 aromatic heterocycles. The molecule has 0 radical (unpaired) electrons. The lowest BCUT2D eigenvalue weighted by molar-refractivity contribution is 0.0636. The summed E-state index contributed by atoms with van der Waals surface area (Å²) in [6.07, 6.45) is 0.926. The van der Waals surface area contributed by atoms with Gasteiger partial charge < -0.3 is 4.74 Å². The molecule has 0 atom stereocenters. The van der Waals surface area contributed by atoms with Crippen molar-refractivity contribution in [2.75, 3.05) is 5.32 Å². The lowest BCUT2D eigenvalue weighted by Gasteiger charge is -2.19. The lowest BCUT2D eigenvalue weighted by Crippen LogP contribution is -2.27. The summed E-state index contributed by atoms with van der Waals surface area (Å²) in [5, 5.41) is 2.57. The Morgan fingerprint density at radius 3 is 2.61 bits per heavy atom. The molecule has 1 amide bonds. The molecule has 5 nitrogen and oxygen atoms in total. The number of aryl methyl sites for hydroxylation is 1. The van der Waals surface area contributed by atoms with E-state index in [1.165, 1.54) is 6.08 Å². The van der Waals surface area contributed by atoms with Crippen molar-refractivity contribution in [3.05, 3.63) is 23.8 Å². The fourth-order valence-electron chi connectivity index (χ4n) is 1.28. The summed E-state index contributed by atoms with van der Waals surface area (Å²) in [6.45, 7) is 7.16. The number of ether oxygens (including phenoxy) is 1. The zero-order chi connectivity index (χ0) is 13.8. The van der Waals surface area contributed by atoms with Gasteiger partial charge in [0, 0.05) is 5.69 Å². The molecule has 0 unspecified atom stereocenters. The van der Waals surface area contributed by atoms with Gasteiger partial charge in [0.15, 0.2) is 0 Å². The quantitative estimate of drug-likeness (QED) is 0.645. The van der Waals surface area contributed by atoms with Gasteiger partial charge in [0.25, 0.3) is 0 Å². The third-order valence-corrected chi connectivity index (χ3v) is 2.02. The Hall–Kier alpha value is -2.13. The third-order valence-electron chi connectivity index (χ3n) is 2.02. The summed E-state index contributed by atoms with van der Waals surface area (Å²) in [5.74, 6) is 0. The Bertz CT molecular complexity index is 497. The minimum absolute atomic E-state index is 0.471. The number of carbonyl (C=O) groups is 1. The Morgan fingerprint density at radius 1 is 1.39 bits per heavy atom. The summed E-state index contributed by atoms with van der Waals surface area (Å²) in [5.41, 5.74) is 1.26. The van der Waals surface area contributed by atoms with Crippen LogP contribution in [-0.4, -0.2) is 17.8 Å². The monoisotopic (exact) mass is 248 g/mol. The minimum Gasteiger partial charge on any atom is -0.444 e. The molecule has 0 saturated heterocycles. The van der Waals surface area contributed by atoms with Crippen molar-refractivity contribution in [3.8, 4) is 0 Å². The van der Waals surface area contributed by atoms with Crippen molar-refractivity contribution < 1.29 is 14.3 Å². The van der Waals surface area contributed by atoms with Crippen molar-refractivity contribution in [1.82, 2.24) is 0 Å². The van der Waals surface area contributed by atoms with Crippen molar-refractivity contribution in [1.29, 1.82) is 0 Å². The molecule has 1 aromatic carbocycles. The van der Waals surface area contributed by atoms with Gasteiger partial charge in [-0.1, -0.05) is 6.07 Å². The van der Waals surface area contributed by atoms with Crippen LogP contribution in [0.3, 0.4) is 0 Å². The number of aliphatic imine (C=N–C) groups is 1. The first-order chi connectivity index (χ1) is 8.31. The second kappa shape index (κ2) is 5.47. The van der Waals surface area contributed by atoms with Crippen LogP contribution in [0.25, 0.3) is 0 Å². The highest BCUT2D eigenvalue weighted by Gasteiger charge is 2.16. The van der Waals surface area contributed by atoms with E-state index in [4.69, 9.17) is 4.74 Å². The summed E-state index contributed by atoms with van der Waals surface area (Å²) in [7, 11) is 0. The maximum absolute atomic E-state index is 11.5. The smallest absolute Gasteiger partial charge is 0.412 e. The van der Waals surface area contributed by atoms with Gasteiger partial charge in [-0.15, -0.1) is 0 Å². The van der Waals surface area contributed by atoms with Crippen LogP contribution in [0.15, 0.2) is 23.2 Å². The van der Waals surface area contributed by atoms with Crippen LogP contribution < -0.4 is 5.32 Å². The molecule has 0 fully saturated rings. The van der Waals surface area contributed by atoms with Crippen LogP contribution >= 0.6 is 0 Å². The summed E-state index contributed by atoms with van der Waals surface area (Å²) < 4.78 is 5.11. The van der Waals surface area contributed by atoms with E-state index in [0.717, 1.165) is 5.56 Å². The van der Waals surface area contributed by atoms with E-state index in [1.807, 2.05) is 6.92 Å². The zero-order valence-electron chi connectivity index (χ0n) is 10.9. The second-order valence-electron chi connectivity index (χ2n) is 4.83. The average Bonchev–Trinajstić information content (AvgIpc) is 2.20. The molecule has 96 valence electrons. The molecule has 0 aliphatic rings. The van der Waals surface area contributed by atoms with Crippen molar-refractivity contribution in [2.45, 2.75) is 33.3 Å². The van der Waals surface area contributed by atoms with Gasteiger partial charge in [-0.25, -0.2) is 9.59 Å². The molecule has 1 rings (SSSR count). The largest absolute Gasteiger partial charge is 0.444 e. The van der Waals surface area contributed by atoms with E-state index in [1.54, 1.807) is 39.0 Å². The molecule has 0 aliphatic heterocycles. The number of isocyanates is 1. The van der Waals surface area contributed by atoms with Crippen LogP contribution in [-0.2, 0) is 9.53 Å². The Kier molecular flexibility index (Phi) is 4.23. The van der Waals surface area contributed by atoms with Crippen LogP contribution in [0.2, 0.25) is 0 Å². The van der Waals surface area contributed by atoms with Crippen LogP contribution in [0.5, 0.6) is 0 Å². The topological polar surface area (TPSA) is 67.8 Å².